The SMILES string of the molecule is CC=C(N)N(C)c1nc(N)c2cc(OC)c(OC)cc2n1. The molecule has 0 radical (unpaired) electrons. The summed E-state index contributed by atoms with van der Waals surface area (Å²) < 4.78 is 10.5. The fourth-order valence-electron chi connectivity index (χ4n) is 1.93. The van der Waals surface area contributed by atoms with Crippen LogP contribution in [0.4, 0.5) is 11.8 Å². The normalized spacial score (nSPS) is 11.5. The van der Waals surface area contributed by atoms with E-state index in [1.807, 2.05) is 6.92 Å². The van der Waals surface area contributed by atoms with Gasteiger partial charge in [-0.1, -0.05) is 0 Å². The molecule has 0 atom stereocenters. The highest BCUT2D eigenvalue weighted by Gasteiger charge is 2.14. The van der Waals surface area contributed by atoms with Crippen molar-refractivity contribution in [3.05, 3.63) is 24.0 Å². The zero-order valence-corrected chi connectivity index (χ0v) is 12.5. The third-order valence-electron chi connectivity index (χ3n) is 3.20. The standard InChI is InChI=1S/C14H19N5O2/c1-5-12(15)19(2)14-17-9-7-11(21-4)10(20-3)6-8(9)13(16)18-14/h5-7H,15H2,1-4H3,(H2,16,17,18). The van der Waals surface area contributed by atoms with Crippen LogP contribution in [0.2, 0.25) is 0 Å². The summed E-state index contributed by atoms with van der Waals surface area (Å²) in [6, 6.07) is 3.52. The van der Waals surface area contributed by atoms with Gasteiger partial charge in [-0.05, 0) is 19.1 Å². The zero-order valence-electron chi connectivity index (χ0n) is 12.5. The Hall–Kier alpha value is -2.70. The number of nitrogens with two attached hydrogens (primary N) is 2. The van der Waals surface area contributed by atoms with Crippen molar-refractivity contribution in [2.24, 2.45) is 5.73 Å². The van der Waals surface area contributed by atoms with Crippen molar-refractivity contribution >= 4 is 22.7 Å². The van der Waals surface area contributed by atoms with Crippen LogP contribution in [0.5, 0.6) is 11.5 Å². The van der Waals surface area contributed by atoms with Crippen molar-refractivity contribution < 1.29 is 9.47 Å². The van der Waals surface area contributed by atoms with E-state index in [0.717, 1.165) is 0 Å². The monoisotopic (exact) mass is 289 g/mol. The van der Waals surface area contributed by atoms with Gasteiger partial charge >= 0.3 is 0 Å². The largest absolute Gasteiger partial charge is 0.493 e. The van der Waals surface area contributed by atoms with Crippen LogP contribution in [0.3, 0.4) is 0 Å². The number of aromatic nitrogens is 2. The Kier molecular flexibility index (Phi) is 4.02. The lowest BCUT2D eigenvalue weighted by Crippen LogP contribution is -2.24. The van der Waals surface area contributed by atoms with Crippen molar-refractivity contribution in [2.45, 2.75) is 6.92 Å². The summed E-state index contributed by atoms with van der Waals surface area (Å²) in [6.07, 6.45) is 1.76. The summed E-state index contributed by atoms with van der Waals surface area (Å²) >= 11 is 0. The van der Waals surface area contributed by atoms with E-state index in [2.05, 4.69) is 9.97 Å². The molecule has 4 N–H and O–H groups in total. The number of allylic oxidation sites excluding steroid dienone is 1. The second kappa shape index (κ2) is 5.74. The van der Waals surface area contributed by atoms with Crippen LogP contribution in [-0.2, 0) is 0 Å². The third-order valence-corrected chi connectivity index (χ3v) is 3.20. The van der Waals surface area contributed by atoms with Crippen LogP contribution in [0.1, 0.15) is 6.92 Å². The van der Waals surface area contributed by atoms with E-state index in [4.69, 9.17) is 20.9 Å². The minimum atomic E-state index is 0.353. The Morgan fingerprint density at radius 1 is 1.19 bits per heavy atom. The molecule has 0 aliphatic rings. The first-order valence-corrected chi connectivity index (χ1v) is 6.36. The van der Waals surface area contributed by atoms with Crippen LogP contribution >= 0.6 is 0 Å². The molecule has 1 heterocycles. The van der Waals surface area contributed by atoms with Gasteiger partial charge in [0.15, 0.2) is 11.5 Å². The second-order valence-electron chi connectivity index (χ2n) is 4.41. The maximum Gasteiger partial charge on any atom is 0.233 e. The van der Waals surface area contributed by atoms with E-state index < -0.39 is 0 Å². The molecule has 0 saturated carbocycles. The molecule has 1 aromatic carbocycles. The van der Waals surface area contributed by atoms with Crippen molar-refractivity contribution in [1.82, 2.24) is 9.97 Å². The Morgan fingerprint density at radius 2 is 1.81 bits per heavy atom. The third kappa shape index (κ3) is 2.62. The summed E-state index contributed by atoms with van der Waals surface area (Å²) in [6.45, 7) is 1.84. The quantitative estimate of drug-likeness (QED) is 0.879. The van der Waals surface area contributed by atoms with Gasteiger partial charge in [0.1, 0.15) is 11.6 Å². The summed E-state index contributed by atoms with van der Waals surface area (Å²) in [7, 11) is 4.91. The molecular weight excluding hydrogens is 270 g/mol. The fraction of sp³-hybridized carbons (Fsp3) is 0.286. The average Bonchev–Trinajstić information content (AvgIpc) is 2.51. The smallest absolute Gasteiger partial charge is 0.233 e. The van der Waals surface area contributed by atoms with Gasteiger partial charge in [-0.25, -0.2) is 4.98 Å². The number of nitrogens with zero attached hydrogens (tertiary/aromatic N) is 3. The average molecular weight is 289 g/mol. The zero-order chi connectivity index (χ0) is 15.6. The number of hydrogen-bond donors (Lipinski definition) is 2. The molecule has 0 saturated heterocycles. The van der Waals surface area contributed by atoms with Crippen molar-refractivity contribution in [2.75, 3.05) is 31.9 Å². The van der Waals surface area contributed by atoms with E-state index in [1.165, 1.54) is 0 Å². The molecule has 0 fully saturated rings. The molecule has 0 spiro atoms. The minimum absolute atomic E-state index is 0.353. The highest BCUT2D eigenvalue weighted by atomic mass is 16.5. The lowest BCUT2D eigenvalue weighted by molar-refractivity contribution is 0.356. The molecule has 7 heteroatoms. The van der Waals surface area contributed by atoms with E-state index >= 15 is 0 Å². The summed E-state index contributed by atoms with van der Waals surface area (Å²) in [5, 5.41) is 0.698. The maximum atomic E-state index is 6.02. The molecule has 2 aromatic rings. The Bertz CT molecular complexity index is 699. The summed E-state index contributed by atoms with van der Waals surface area (Å²) in [5.74, 6) is 2.47. The number of fused-ring (bicyclic) bond motifs is 1. The van der Waals surface area contributed by atoms with Crippen LogP contribution in [0.15, 0.2) is 24.0 Å². The van der Waals surface area contributed by atoms with Gasteiger partial charge in [0.05, 0.1) is 19.7 Å². The topological polar surface area (TPSA) is 99.5 Å². The second-order valence-corrected chi connectivity index (χ2v) is 4.41. The van der Waals surface area contributed by atoms with E-state index in [9.17, 15) is 0 Å². The first-order chi connectivity index (χ1) is 10.0. The van der Waals surface area contributed by atoms with Crippen molar-refractivity contribution in [3.8, 4) is 11.5 Å². The summed E-state index contributed by atoms with van der Waals surface area (Å²) in [5.41, 5.74) is 12.5. The van der Waals surface area contributed by atoms with Gasteiger partial charge in [0.25, 0.3) is 0 Å². The van der Waals surface area contributed by atoms with Crippen LogP contribution in [0, 0.1) is 0 Å². The number of nitrogen functional groups attached to an aromatic ring is 1. The molecule has 112 valence electrons. The van der Waals surface area contributed by atoms with Gasteiger partial charge in [-0.3, -0.25) is 0 Å². The molecular formula is C14H19N5O2. The lowest BCUT2D eigenvalue weighted by atomic mass is 10.2. The molecule has 0 aliphatic heterocycles. The van der Waals surface area contributed by atoms with Gasteiger partial charge in [0.2, 0.25) is 5.95 Å². The maximum absolute atomic E-state index is 6.02. The van der Waals surface area contributed by atoms with Gasteiger partial charge < -0.3 is 25.8 Å². The lowest BCUT2D eigenvalue weighted by Gasteiger charge is -2.18. The van der Waals surface area contributed by atoms with E-state index in [0.29, 0.717) is 40.0 Å². The van der Waals surface area contributed by atoms with Gasteiger partial charge in [0, 0.05) is 18.5 Å². The molecule has 21 heavy (non-hydrogen) atoms. The Balaban J connectivity index is 2.65. The number of methoxy groups -OCH3 is 2. The van der Waals surface area contributed by atoms with Crippen LogP contribution < -0.4 is 25.8 Å². The number of rotatable bonds is 4. The van der Waals surface area contributed by atoms with Crippen molar-refractivity contribution in [1.29, 1.82) is 0 Å². The summed E-state index contributed by atoms with van der Waals surface area (Å²) in [4.78, 5) is 10.4. The van der Waals surface area contributed by atoms with Crippen LogP contribution in [0.25, 0.3) is 10.9 Å². The van der Waals surface area contributed by atoms with Crippen molar-refractivity contribution in [3.63, 3.8) is 0 Å². The first kappa shape index (κ1) is 14.7. The molecule has 1 aromatic heterocycles. The predicted molar refractivity (Wildman–Crippen MR) is 83.4 cm³/mol. The number of anilines is 2. The minimum Gasteiger partial charge on any atom is -0.493 e. The highest BCUT2D eigenvalue weighted by Crippen LogP contribution is 2.34. The van der Waals surface area contributed by atoms with Crippen LogP contribution in [-0.4, -0.2) is 31.2 Å². The molecule has 0 unspecified atom stereocenters. The van der Waals surface area contributed by atoms with Gasteiger partial charge in [-0.2, -0.15) is 4.98 Å². The highest BCUT2D eigenvalue weighted by molar-refractivity contribution is 5.91. The number of benzene rings is 1. The molecule has 0 bridgehead atoms. The van der Waals surface area contributed by atoms with E-state index in [1.54, 1.807) is 44.4 Å². The Morgan fingerprint density at radius 3 is 2.38 bits per heavy atom. The van der Waals surface area contributed by atoms with E-state index in [-0.39, 0.29) is 0 Å². The predicted octanol–water partition coefficient (Wildman–Crippen LogP) is 1.49. The number of ether oxygens (including phenoxy) is 2. The molecule has 2 rings (SSSR count). The first-order valence-electron chi connectivity index (χ1n) is 6.36. The molecule has 0 amide bonds. The molecule has 7 nitrogen and oxygen atoms in total. The van der Waals surface area contributed by atoms with Gasteiger partial charge in [-0.15, -0.1) is 0 Å². The fourth-order valence-corrected chi connectivity index (χ4v) is 1.93. The Labute approximate surface area is 123 Å². The molecule has 0 aliphatic carbocycles. The number of hydrogen-bond acceptors (Lipinski definition) is 7.